The fourth-order valence-corrected chi connectivity index (χ4v) is 3.13. The molecule has 3 N–H and O–H groups in total. The average Bonchev–Trinajstić information content (AvgIpc) is 2.71. The van der Waals surface area contributed by atoms with Gasteiger partial charge in [-0.3, -0.25) is 0 Å². The highest BCUT2D eigenvalue weighted by Crippen LogP contribution is 2.33. The van der Waals surface area contributed by atoms with Crippen LogP contribution in [0.2, 0.25) is 0 Å². The molecule has 3 heteroatoms. The van der Waals surface area contributed by atoms with E-state index in [-0.39, 0.29) is 0 Å². The molecule has 3 rings (SSSR count). The number of phenolic OH excluding ortho intramolecular Hbond substituents is 1. The first-order valence-corrected chi connectivity index (χ1v) is 7.20. The number of H-pyrrole nitrogens is 1. The van der Waals surface area contributed by atoms with Crippen molar-refractivity contribution in [3.05, 3.63) is 29.0 Å². The van der Waals surface area contributed by atoms with Crippen LogP contribution >= 0.6 is 0 Å². The van der Waals surface area contributed by atoms with Crippen molar-refractivity contribution < 1.29 is 5.11 Å². The Morgan fingerprint density at radius 3 is 2.84 bits per heavy atom. The smallest absolute Gasteiger partial charge is 0.128 e. The number of aromatic nitrogens is 1. The minimum absolute atomic E-state index is 0.465. The third-order valence-electron chi connectivity index (χ3n) is 4.40. The summed E-state index contributed by atoms with van der Waals surface area (Å²) in [5, 5.41) is 15.1. The van der Waals surface area contributed by atoms with E-state index in [0.717, 1.165) is 40.7 Å². The van der Waals surface area contributed by atoms with Gasteiger partial charge in [-0.2, -0.15) is 0 Å². The van der Waals surface area contributed by atoms with E-state index in [4.69, 9.17) is 0 Å². The highest BCUT2D eigenvalue weighted by Gasteiger charge is 2.17. The predicted molar refractivity (Wildman–Crippen MR) is 78.8 cm³/mol. The van der Waals surface area contributed by atoms with Crippen LogP contribution in [0.15, 0.2) is 12.1 Å². The summed E-state index contributed by atoms with van der Waals surface area (Å²) >= 11 is 0. The molecule has 1 aromatic carbocycles. The molecule has 0 spiro atoms. The molecule has 1 saturated heterocycles. The molecule has 0 bridgehead atoms. The van der Waals surface area contributed by atoms with Crippen molar-refractivity contribution in [2.24, 2.45) is 0 Å². The van der Waals surface area contributed by atoms with Crippen LogP contribution in [0.5, 0.6) is 5.75 Å². The predicted octanol–water partition coefficient (Wildman–Crippen LogP) is 3.17. The summed E-state index contributed by atoms with van der Waals surface area (Å²) in [6.45, 7) is 5.23. The topological polar surface area (TPSA) is 48.0 Å². The van der Waals surface area contributed by atoms with Gasteiger partial charge in [0.25, 0.3) is 0 Å². The van der Waals surface area contributed by atoms with Gasteiger partial charge in [-0.15, -0.1) is 0 Å². The number of benzene rings is 1. The molecule has 2 aromatic rings. The van der Waals surface area contributed by atoms with Crippen molar-refractivity contribution in [3.63, 3.8) is 0 Å². The molecular weight excluding hydrogens is 236 g/mol. The molecular formula is C16H22N2O. The number of hydrogen-bond donors (Lipinski definition) is 3. The van der Waals surface area contributed by atoms with Crippen LogP contribution in [-0.4, -0.2) is 22.7 Å². The molecule has 0 radical (unpaired) electrons. The first kappa shape index (κ1) is 12.5. The second-order valence-electron chi connectivity index (χ2n) is 5.72. The van der Waals surface area contributed by atoms with Crippen molar-refractivity contribution in [1.29, 1.82) is 0 Å². The second-order valence-corrected chi connectivity index (χ2v) is 5.72. The Morgan fingerprint density at radius 2 is 2.11 bits per heavy atom. The molecule has 19 heavy (non-hydrogen) atoms. The molecule has 1 unspecified atom stereocenters. The van der Waals surface area contributed by atoms with Gasteiger partial charge in [0.05, 0.1) is 0 Å². The van der Waals surface area contributed by atoms with E-state index >= 15 is 0 Å². The molecule has 2 heterocycles. The van der Waals surface area contributed by atoms with E-state index in [0.29, 0.717) is 11.8 Å². The lowest BCUT2D eigenvalue weighted by atomic mass is 9.96. The number of fused-ring (bicyclic) bond motifs is 1. The number of piperidine rings is 1. The zero-order valence-electron chi connectivity index (χ0n) is 11.7. The first-order valence-electron chi connectivity index (χ1n) is 7.20. The molecule has 0 saturated carbocycles. The highest BCUT2D eigenvalue weighted by molar-refractivity contribution is 5.91. The van der Waals surface area contributed by atoms with E-state index in [1.165, 1.54) is 19.3 Å². The number of nitrogens with one attached hydrogen (secondary N) is 2. The number of aryl methyl sites for hydroxylation is 2. The van der Waals surface area contributed by atoms with Gasteiger partial charge in [0.2, 0.25) is 0 Å². The standard InChI is InChI=1S/C16H22N2O/c1-10-11(2)18-14-7-6-12(16(19)15(10)14)9-13-5-3-4-8-17-13/h6-7,13,17-19H,3-5,8-9H2,1-2H3. The van der Waals surface area contributed by atoms with Crippen molar-refractivity contribution in [2.45, 2.75) is 45.6 Å². The molecule has 1 atom stereocenters. The lowest BCUT2D eigenvalue weighted by molar-refractivity contribution is 0.392. The maximum Gasteiger partial charge on any atom is 0.128 e. The van der Waals surface area contributed by atoms with E-state index in [9.17, 15) is 5.11 Å². The van der Waals surface area contributed by atoms with Crippen molar-refractivity contribution >= 4 is 10.9 Å². The van der Waals surface area contributed by atoms with Gasteiger partial charge in [0.1, 0.15) is 5.75 Å². The van der Waals surface area contributed by atoms with Gasteiger partial charge < -0.3 is 15.4 Å². The van der Waals surface area contributed by atoms with Crippen LogP contribution < -0.4 is 5.32 Å². The lowest BCUT2D eigenvalue weighted by Crippen LogP contribution is -2.35. The quantitative estimate of drug-likeness (QED) is 0.775. The lowest BCUT2D eigenvalue weighted by Gasteiger charge is -2.23. The SMILES string of the molecule is Cc1[nH]c2ccc(CC3CCCCN3)c(O)c2c1C. The monoisotopic (exact) mass is 258 g/mol. The maximum atomic E-state index is 10.5. The van der Waals surface area contributed by atoms with Gasteiger partial charge >= 0.3 is 0 Å². The summed E-state index contributed by atoms with van der Waals surface area (Å²) in [5.41, 5.74) is 4.39. The molecule has 0 aliphatic carbocycles. The van der Waals surface area contributed by atoms with Crippen molar-refractivity contribution in [3.8, 4) is 5.75 Å². The number of aromatic hydroxyl groups is 1. The fourth-order valence-electron chi connectivity index (χ4n) is 3.13. The van der Waals surface area contributed by atoms with E-state index in [2.05, 4.69) is 36.3 Å². The second kappa shape index (κ2) is 4.89. The summed E-state index contributed by atoms with van der Waals surface area (Å²) in [4.78, 5) is 3.32. The Bertz CT molecular complexity index is 594. The minimum Gasteiger partial charge on any atom is -0.507 e. The minimum atomic E-state index is 0.465. The van der Waals surface area contributed by atoms with Gasteiger partial charge in [-0.25, -0.2) is 0 Å². The first-order chi connectivity index (χ1) is 9.16. The third kappa shape index (κ3) is 2.23. The summed E-state index contributed by atoms with van der Waals surface area (Å²) in [6.07, 6.45) is 4.70. The van der Waals surface area contributed by atoms with Gasteiger partial charge in [-0.1, -0.05) is 12.5 Å². The zero-order chi connectivity index (χ0) is 13.4. The summed E-state index contributed by atoms with van der Waals surface area (Å²) in [5.74, 6) is 0.465. The molecule has 102 valence electrons. The molecule has 0 amide bonds. The van der Waals surface area contributed by atoms with Crippen LogP contribution in [0.25, 0.3) is 10.9 Å². The fraction of sp³-hybridized carbons (Fsp3) is 0.500. The zero-order valence-corrected chi connectivity index (χ0v) is 11.7. The maximum absolute atomic E-state index is 10.5. The van der Waals surface area contributed by atoms with Crippen LogP contribution in [-0.2, 0) is 6.42 Å². The third-order valence-corrected chi connectivity index (χ3v) is 4.40. The number of phenols is 1. The largest absolute Gasteiger partial charge is 0.507 e. The summed E-state index contributed by atoms with van der Waals surface area (Å²) in [6, 6.07) is 4.66. The Hall–Kier alpha value is -1.48. The molecule has 3 nitrogen and oxygen atoms in total. The van der Waals surface area contributed by atoms with E-state index in [1.54, 1.807) is 0 Å². The Morgan fingerprint density at radius 1 is 1.26 bits per heavy atom. The Labute approximate surface area is 114 Å². The van der Waals surface area contributed by atoms with Gasteiger partial charge in [-0.05, 0) is 56.8 Å². The molecule has 1 fully saturated rings. The highest BCUT2D eigenvalue weighted by atomic mass is 16.3. The van der Waals surface area contributed by atoms with E-state index in [1.807, 2.05) is 0 Å². The Balaban J connectivity index is 1.95. The van der Waals surface area contributed by atoms with Crippen molar-refractivity contribution in [2.75, 3.05) is 6.54 Å². The summed E-state index contributed by atoms with van der Waals surface area (Å²) < 4.78 is 0. The van der Waals surface area contributed by atoms with Crippen LogP contribution in [0, 0.1) is 13.8 Å². The van der Waals surface area contributed by atoms with Crippen LogP contribution in [0.1, 0.15) is 36.1 Å². The number of hydrogen-bond acceptors (Lipinski definition) is 2. The van der Waals surface area contributed by atoms with Gasteiger partial charge in [0.15, 0.2) is 0 Å². The summed E-state index contributed by atoms with van der Waals surface area (Å²) in [7, 11) is 0. The number of rotatable bonds is 2. The van der Waals surface area contributed by atoms with Crippen LogP contribution in [0.3, 0.4) is 0 Å². The average molecular weight is 258 g/mol. The van der Waals surface area contributed by atoms with Gasteiger partial charge in [0, 0.05) is 22.6 Å². The number of aromatic amines is 1. The van der Waals surface area contributed by atoms with E-state index < -0.39 is 0 Å². The molecule has 1 aliphatic rings. The normalized spacial score (nSPS) is 20.0. The van der Waals surface area contributed by atoms with Crippen molar-refractivity contribution in [1.82, 2.24) is 10.3 Å². The Kier molecular flexibility index (Phi) is 3.23. The van der Waals surface area contributed by atoms with Crippen LogP contribution in [0.4, 0.5) is 0 Å². The molecule has 1 aromatic heterocycles. The molecule has 1 aliphatic heterocycles.